The van der Waals surface area contributed by atoms with Gasteiger partial charge < -0.3 is 20.3 Å². The lowest BCUT2D eigenvalue weighted by Crippen LogP contribution is -2.47. The lowest BCUT2D eigenvalue weighted by molar-refractivity contribution is 0.122. The van der Waals surface area contributed by atoms with Gasteiger partial charge in [0.15, 0.2) is 11.6 Å². The van der Waals surface area contributed by atoms with Crippen LogP contribution >= 0.6 is 11.3 Å². The quantitative estimate of drug-likeness (QED) is 0.221. The Morgan fingerprint density at radius 1 is 0.894 bits per heavy atom. The zero-order valence-electron chi connectivity index (χ0n) is 25.7. The molecule has 16 heteroatoms. The zero-order chi connectivity index (χ0) is 32.4. The summed E-state index contributed by atoms with van der Waals surface area (Å²) in [7, 11) is -3.17. The molecule has 0 radical (unpaired) electrons. The fourth-order valence-electron chi connectivity index (χ4n) is 5.55. The number of anilines is 3. The first-order valence-electron chi connectivity index (χ1n) is 15.2. The van der Waals surface area contributed by atoms with E-state index in [9.17, 15) is 13.2 Å². The van der Waals surface area contributed by atoms with Crippen LogP contribution in [0.4, 0.5) is 22.1 Å². The Bertz CT molecular complexity index is 1980. The summed E-state index contributed by atoms with van der Waals surface area (Å²) in [5.74, 6) is 1.72. The minimum atomic E-state index is -3.17. The van der Waals surface area contributed by atoms with Crippen molar-refractivity contribution in [1.29, 1.82) is 0 Å². The first-order valence-corrected chi connectivity index (χ1v) is 17.9. The number of fused-ring (bicyclic) bond motifs is 1. The Kier molecular flexibility index (Phi) is 8.83. The van der Waals surface area contributed by atoms with Gasteiger partial charge in [0.1, 0.15) is 0 Å². The largest absolute Gasteiger partial charge is 0.378 e. The number of carbonyl (C=O) groups is 1. The van der Waals surface area contributed by atoms with Crippen LogP contribution in [0.1, 0.15) is 4.88 Å². The summed E-state index contributed by atoms with van der Waals surface area (Å²) in [4.78, 5) is 33.7. The third kappa shape index (κ3) is 7.41. The molecule has 0 atom stereocenters. The molecular formula is C31H34N10O4S2. The standard InChI is InChI=1S/C31H34N10O4S2/c1-47(43,44)41-12-10-39(11-13-41)20-25-7-9-27(46-25)29-35-28(36-30(37-29)40-14-16-45-17-15-40)21-2-4-23(5-3-21)33-31(42)34-24-6-8-26-22(18-24)19-32-38-26/h2-9,18-19H,10-17,20H2,1H3,(H,32,38)(H2,33,34,42). The lowest BCUT2D eigenvalue weighted by atomic mass is 10.2. The second-order valence-electron chi connectivity index (χ2n) is 11.4. The second-order valence-corrected chi connectivity index (χ2v) is 14.6. The second kappa shape index (κ2) is 13.3. The average molecular weight is 675 g/mol. The van der Waals surface area contributed by atoms with Gasteiger partial charge in [-0.05, 0) is 54.6 Å². The van der Waals surface area contributed by atoms with Crippen molar-refractivity contribution in [3.63, 3.8) is 0 Å². The van der Waals surface area contributed by atoms with Gasteiger partial charge in [0.05, 0.1) is 36.1 Å². The summed E-state index contributed by atoms with van der Waals surface area (Å²) in [6.45, 7) is 5.67. The average Bonchev–Trinajstić information content (AvgIpc) is 3.75. The van der Waals surface area contributed by atoms with Gasteiger partial charge in [0, 0.05) is 73.0 Å². The predicted octanol–water partition coefficient (Wildman–Crippen LogP) is 3.70. The summed E-state index contributed by atoms with van der Waals surface area (Å²) < 4.78 is 30.9. The van der Waals surface area contributed by atoms with Gasteiger partial charge in [0.25, 0.3) is 0 Å². The fraction of sp³-hybridized carbons (Fsp3) is 0.323. The molecule has 0 aliphatic carbocycles. The van der Waals surface area contributed by atoms with Gasteiger partial charge >= 0.3 is 6.03 Å². The Hall–Kier alpha value is -4.48. The highest BCUT2D eigenvalue weighted by Crippen LogP contribution is 2.30. The van der Waals surface area contributed by atoms with Crippen molar-refractivity contribution >= 4 is 55.6 Å². The minimum absolute atomic E-state index is 0.358. The van der Waals surface area contributed by atoms with Crippen LogP contribution in [0, 0.1) is 0 Å². The number of benzene rings is 2. The number of rotatable bonds is 8. The van der Waals surface area contributed by atoms with E-state index in [1.165, 1.54) is 10.6 Å². The summed E-state index contributed by atoms with van der Waals surface area (Å²) in [5, 5.41) is 13.5. The SMILES string of the molecule is CS(=O)(=O)N1CCN(Cc2ccc(-c3nc(-c4ccc(NC(=O)Nc5ccc6[nH]ncc6c5)cc4)nc(N4CCOCC4)n3)s2)CC1. The summed E-state index contributed by atoms with van der Waals surface area (Å²) in [5.41, 5.74) is 2.97. The van der Waals surface area contributed by atoms with Gasteiger partial charge in [0.2, 0.25) is 16.0 Å². The number of ether oxygens (including phenoxy) is 1. The van der Waals surface area contributed by atoms with Crippen LogP contribution in [0.15, 0.2) is 60.8 Å². The highest BCUT2D eigenvalue weighted by Gasteiger charge is 2.24. The molecule has 5 aromatic rings. The van der Waals surface area contributed by atoms with E-state index in [1.807, 2.05) is 48.5 Å². The van der Waals surface area contributed by atoms with Crippen LogP contribution in [0.5, 0.6) is 0 Å². The van der Waals surface area contributed by atoms with Gasteiger partial charge in [-0.25, -0.2) is 18.2 Å². The van der Waals surface area contributed by atoms with Crippen molar-refractivity contribution < 1.29 is 17.9 Å². The maximum atomic E-state index is 12.7. The van der Waals surface area contributed by atoms with Gasteiger partial charge in [-0.3, -0.25) is 10.00 Å². The molecule has 3 aromatic heterocycles. The van der Waals surface area contributed by atoms with Crippen molar-refractivity contribution in [3.8, 4) is 22.1 Å². The smallest absolute Gasteiger partial charge is 0.323 e. The van der Waals surface area contributed by atoms with Crippen LogP contribution in [-0.4, -0.2) is 108 Å². The third-order valence-electron chi connectivity index (χ3n) is 8.08. The van der Waals surface area contributed by atoms with Crippen molar-refractivity contribution in [2.24, 2.45) is 0 Å². The molecular weight excluding hydrogens is 641 g/mol. The van der Waals surface area contributed by atoms with E-state index >= 15 is 0 Å². The van der Waals surface area contributed by atoms with Crippen molar-refractivity contribution in [1.82, 2.24) is 34.4 Å². The number of H-pyrrole nitrogens is 1. The van der Waals surface area contributed by atoms with Crippen molar-refractivity contribution in [2.45, 2.75) is 6.54 Å². The molecule has 244 valence electrons. The van der Waals surface area contributed by atoms with Crippen LogP contribution in [0.2, 0.25) is 0 Å². The Balaban J connectivity index is 1.07. The molecule has 0 unspecified atom stereocenters. The van der Waals surface area contributed by atoms with E-state index in [1.54, 1.807) is 17.5 Å². The molecule has 2 aliphatic rings. The number of amides is 2. The topological polar surface area (TPSA) is 162 Å². The number of nitrogens with zero attached hydrogens (tertiary/aromatic N) is 7. The number of carbonyl (C=O) groups excluding carboxylic acids is 1. The number of aromatic nitrogens is 5. The Morgan fingerprint density at radius 2 is 1.62 bits per heavy atom. The number of urea groups is 1. The molecule has 2 amide bonds. The molecule has 2 aliphatic heterocycles. The fourth-order valence-corrected chi connectivity index (χ4v) is 7.36. The minimum Gasteiger partial charge on any atom is -0.378 e. The number of morpholine rings is 1. The normalized spacial score (nSPS) is 16.4. The first-order chi connectivity index (χ1) is 22.8. The van der Waals surface area contributed by atoms with Gasteiger partial charge in [-0.15, -0.1) is 11.3 Å². The molecule has 5 heterocycles. The number of hydrogen-bond acceptors (Lipinski definition) is 11. The van der Waals surface area contributed by atoms with Crippen molar-refractivity contribution in [2.75, 3.05) is 74.3 Å². The van der Waals surface area contributed by atoms with E-state index < -0.39 is 10.0 Å². The van der Waals surface area contributed by atoms with Crippen LogP contribution in [0.3, 0.4) is 0 Å². The molecule has 7 rings (SSSR count). The highest BCUT2D eigenvalue weighted by atomic mass is 32.2. The lowest BCUT2D eigenvalue weighted by Gasteiger charge is -2.32. The summed E-state index contributed by atoms with van der Waals surface area (Å²) >= 11 is 1.63. The Morgan fingerprint density at radius 3 is 2.38 bits per heavy atom. The molecule has 2 saturated heterocycles. The zero-order valence-corrected chi connectivity index (χ0v) is 27.4. The molecule has 0 saturated carbocycles. The Labute approximate surface area is 275 Å². The number of piperazine rings is 1. The molecule has 3 N–H and O–H groups in total. The molecule has 2 fully saturated rings. The summed E-state index contributed by atoms with van der Waals surface area (Å²) in [6.07, 6.45) is 2.97. The first kappa shape index (κ1) is 31.1. The molecule has 0 bridgehead atoms. The number of nitrogens with one attached hydrogen (secondary N) is 3. The predicted molar refractivity (Wildman–Crippen MR) is 182 cm³/mol. The highest BCUT2D eigenvalue weighted by molar-refractivity contribution is 7.88. The molecule has 0 spiro atoms. The van der Waals surface area contributed by atoms with Gasteiger partial charge in [-0.2, -0.15) is 19.4 Å². The van der Waals surface area contributed by atoms with Crippen molar-refractivity contribution in [3.05, 3.63) is 65.7 Å². The number of aromatic amines is 1. The van der Waals surface area contributed by atoms with E-state index in [2.05, 4.69) is 36.7 Å². The van der Waals surface area contributed by atoms with Crippen LogP contribution in [-0.2, 0) is 21.3 Å². The maximum absolute atomic E-state index is 12.7. The molecule has 14 nitrogen and oxygen atoms in total. The van der Waals surface area contributed by atoms with Crippen LogP contribution < -0.4 is 15.5 Å². The number of hydrogen-bond donors (Lipinski definition) is 3. The van der Waals surface area contributed by atoms with Gasteiger partial charge in [-0.1, -0.05) is 0 Å². The van der Waals surface area contributed by atoms with E-state index in [0.29, 0.717) is 81.5 Å². The van der Waals surface area contributed by atoms with Crippen LogP contribution in [0.25, 0.3) is 33.0 Å². The van der Waals surface area contributed by atoms with E-state index in [0.717, 1.165) is 32.8 Å². The third-order valence-corrected chi connectivity index (χ3v) is 10.4. The maximum Gasteiger partial charge on any atom is 0.323 e. The van der Waals surface area contributed by atoms with E-state index in [4.69, 9.17) is 19.7 Å². The molecule has 47 heavy (non-hydrogen) atoms. The number of thiophene rings is 1. The number of sulfonamides is 1. The molecule has 2 aromatic carbocycles. The summed E-state index contributed by atoms with van der Waals surface area (Å²) in [6, 6.07) is 16.7. The monoisotopic (exact) mass is 674 g/mol. The van der Waals surface area contributed by atoms with E-state index in [-0.39, 0.29) is 6.03 Å².